The number of aromatic nitrogens is 2. The normalized spacial score (nSPS) is 10.5. The van der Waals surface area contributed by atoms with Crippen molar-refractivity contribution < 1.29 is 4.79 Å². The largest absolute Gasteiger partial charge is 0.366 e. The van der Waals surface area contributed by atoms with Crippen LogP contribution in [0.15, 0.2) is 60.9 Å². The second-order valence-electron chi connectivity index (χ2n) is 6.52. The van der Waals surface area contributed by atoms with Gasteiger partial charge in [0, 0.05) is 24.8 Å². The fourth-order valence-electron chi connectivity index (χ4n) is 2.96. The predicted molar refractivity (Wildman–Crippen MR) is 109 cm³/mol. The number of nitrogens with zero attached hydrogens (tertiary/aromatic N) is 3. The Morgan fingerprint density at radius 1 is 1.00 bits per heavy atom. The highest BCUT2D eigenvalue weighted by atomic mass is 16.2. The molecule has 3 rings (SSSR count). The van der Waals surface area contributed by atoms with Crippen molar-refractivity contribution >= 4 is 17.4 Å². The Kier molecular flexibility index (Phi) is 5.81. The molecule has 3 aromatic rings. The summed E-state index contributed by atoms with van der Waals surface area (Å²) in [6.45, 7) is 7.24. The highest BCUT2D eigenvalue weighted by molar-refractivity contribution is 6.05. The molecule has 5 nitrogen and oxygen atoms in total. The number of hydrogen-bond donors (Lipinski definition) is 1. The smallest absolute Gasteiger partial charge is 0.277 e. The Morgan fingerprint density at radius 3 is 2.44 bits per heavy atom. The summed E-state index contributed by atoms with van der Waals surface area (Å²) < 4.78 is 0. The van der Waals surface area contributed by atoms with Crippen molar-refractivity contribution in [3.05, 3.63) is 83.3 Å². The van der Waals surface area contributed by atoms with Gasteiger partial charge in [-0.25, -0.2) is 9.97 Å². The van der Waals surface area contributed by atoms with Crippen LogP contribution in [-0.4, -0.2) is 22.4 Å². The van der Waals surface area contributed by atoms with Crippen molar-refractivity contribution in [1.29, 1.82) is 0 Å². The van der Waals surface area contributed by atoms with E-state index in [4.69, 9.17) is 0 Å². The molecule has 0 saturated heterocycles. The molecule has 138 valence electrons. The zero-order valence-electron chi connectivity index (χ0n) is 15.9. The van der Waals surface area contributed by atoms with E-state index in [0.29, 0.717) is 24.6 Å². The molecule has 0 atom stereocenters. The van der Waals surface area contributed by atoms with Crippen molar-refractivity contribution in [3.8, 4) is 0 Å². The molecule has 0 spiro atoms. The van der Waals surface area contributed by atoms with Crippen molar-refractivity contribution in [2.45, 2.75) is 27.3 Å². The molecular weight excluding hydrogens is 336 g/mol. The van der Waals surface area contributed by atoms with E-state index in [-0.39, 0.29) is 5.91 Å². The van der Waals surface area contributed by atoms with Crippen LogP contribution < -0.4 is 10.2 Å². The molecule has 0 unspecified atom stereocenters. The molecule has 0 bridgehead atoms. The second kappa shape index (κ2) is 8.45. The third-order valence-electron chi connectivity index (χ3n) is 4.32. The molecule has 5 heteroatoms. The molecule has 1 aromatic heterocycles. The van der Waals surface area contributed by atoms with E-state index in [9.17, 15) is 4.79 Å². The molecule has 1 heterocycles. The van der Waals surface area contributed by atoms with Crippen molar-refractivity contribution in [2.75, 3.05) is 16.8 Å². The lowest BCUT2D eigenvalue weighted by Crippen LogP contribution is -2.31. The topological polar surface area (TPSA) is 58.1 Å². The average molecular weight is 360 g/mol. The Morgan fingerprint density at radius 2 is 1.74 bits per heavy atom. The predicted octanol–water partition coefficient (Wildman–Crippen LogP) is 4.37. The SMILES string of the molecule is CCN(C(=O)c1cc(NCc2cccc(C)c2)ncn1)c1cccc(C)c1. The van der Waals surface area contributed by atoms with Gasteiger partial charge in [0.05, 0.1) is 0 Å². The number of rotatable bonds is 6. The van der Waals surface area contributed by atoms with Crippen LogP contribution in [-0.2, 0) is 6.54 Å². The Balaban J connectivity index is 1.76. The number of hydrogen-bond acceptors (Lipinski definition) is 4. The van der Waals surface area contributed by atoms with Gasteiger partial charge in [-0.15, -0.1) is 0 Å². The maximum atomic E-state index is 13.0. The van der Waals surface area contributed by atoms with Gasteiger partial charge < -0.3 is 10.2 Å². The van der Waals surface area contributed by atoms with Crippen molar-refractivity contribution in [3.63, 3.8) is 0 Å². The Hall–Kier alpha value is -3.21. The maximum Gasteiger partial charge on any atom is 0.277 e. The van der Waals surface area contributed by atoms with Gasteiger partial charge in [0.2, 0.25) is 0 Å². The van der Waals surface area contributed by atoms with Crippen LogP contribution in [0.25, 0.3) is 0 Å². The third kappa shape index (κ3) is 4.70. The zero-order valence-corrected chi connectivity index (χ0v) is 15.9. The first-order valence-corrected chi connectivity index (χ1v) is 9.07. The van der Waals surface area contributed by atoms with Gasteiger partial charge in [0.15, 0.2) is 0 Å². The van der Waals surface area contributed by atoms with E-state index in [2.05, 4.69) is 40.4 Å². The standard InChI is InChI=1S/C22H24N4O/c1-4-26(19-10-6-8-17(3)12-19)22(27)20-13-21(25-15-24-20)23-14-18-9-5-7-16(2)11-18/h5-13,15H,4,14H2,1-3H3,(H,23,24,25). The van der Waals surface area contributed by atoms with E-state index < -0.39 is 0 Å². The first-order valence-electron chi connectivity index (χ1n) is 9.07. The van der Waals surface area contributed by atoms with Crippen molar-refractivity contribution in [1.82, 2.24) is 9.97 Å². The van der Waals surface area contributed by atoms with Gasteiger partial charge in [-0.1, -0.05) is 42.0 Å². The molecule has 0 fully saturated rings. The molecule has 0 aliphatic carbocycles. The fourth-order valence-corrected chi connectivity index (χ4v) is 2.96. The lowest BCUT2D eigenvalue weighted by atomic mass is 10.1. The molecule has 0 aliphatic rings. The summed E-state index contributed by atoms with van der Waals surface area (Å²) in [5.41, 5.74) is 4.73. The lowest BCUT2D eigenvalue weighted by molar-refractivity contribution is 0.0983. The fraction of sp³-hybridized carbons (Fsp3) is 0.227. The van der Waals surface area contributed by atoms with E-state index in [0.717, 1.165) is 16.8 Å². The van der Waals surface area contributed by atoms with E-state index >= 15 is 0 Å². The number of carbonyl (C=O) groups is 1. The van der Waals surface area contributed by atoms with Gasteiger partial charge in [-0.2, -0.15) is 0 Å². The number of benzene rings is 2. The van der Waals surface area contributed by atoms with Crippen molar-refractivity contribution in [2.24, 2.45) is 0 Å². The van der Waals surface area contributed by atoms with Gasteiger partial charge >= 0.3 is 0 Å². The minimum atomic E-state index is -0.135. The summed E-state index contributed by atoms with van der Waals surface area (Å²) in [5.74, 6) is 0.499. The summed E-state index contributed by atoms with van der Waals surface area (Å²) >= 11 is 0. The van der Waals surface area contributed by atoms with Crippen LogP contribution in [0.4, 0.5) is 11.5 Å². The minimum Gasteiger partial charge on any atom is -0.366 e. The van der Waals surface area contributed by atoms with E-state index in [1.807, 2.05) is 44.2 Å². The molecular formula is C22H24N4O. The molecule has 27 heavy (non-hydrogen) atoms. The van der Waals surface area contributed by atoms with Crippen LogP contribution in [0.3, 0.4) is 0 Å². The number of amides is 1. The lowest BCUT2D eigenvalue weighted by Gasteiger charge is -2.21. The quantitative estimate of drug-likeness (QED) is 0.709. The van der Waals surface area contributed by atoms with Crippen LogP contribution in [0, 0.1) is 13.8 Å². The molecule has 2 aromatic carbocycles. The van der Waals surface area contributed by atoms with Gasteiger partial charge in [0.25, 0.3) is 5.91 Å². The average Bonchev–Trinajstić information content (AvgIpc) is 2.67. The molecule has 0 radical (unpaired) electrons. The summed E-state index contributed by atoms with van der Waals surface area (Å²) in [6, 6.07) is 17.9. The maximum absolute atomic E-state index is 13.0. The van der Waals surface area contributed by atoms with E-state index in [1.165, 1.54) is 11.9 Å². The third-order valence-corrected chi connectivity index (χ3v) is 4.32. The molecule has 1 amide bonds. The highest BCUT2D eigenvalue weighted by Gasteiger charge is 2.18. The van der Waals surface area contributed by atoms with Gasteiger partial charge in [0.1, 0.15) is 17.8 Å². The number of nitrogens with one attached hydrogen (secondary N) is 1. The zero-order chi connectivity index (χ0) is 19.2. The summed E-state index contributed by atoms with van der Waals surface area (Å²) in [5, 5.41) is 3.27. The second-order valence-corrected chi connectivity index (χ2v) is 6.52. The molecule has 1 N–H and O–H groups in total. The summed E-state index contributed by atoms with van der Waals surface area (Å²) in [4.78, 5) is 23.1. The Labute approximate surface area is 160 Å². The first kappa shape index (κ1) is 18.6. The summed E-state index contributed by atoms with van der Waals surface area (Å²) in [6.07, 6.45) is 1.43. The number of carbonyl (C=O) groups excluding carboxylic acids is 1. The Bertz CT molecular complexity index is 939. The van der Waals surface area contributed by atoms with Crippen LogP contribution in [0.2, 0.25) is 0 Å². The van der Waals surface area contributed by atoms with Crippen LogP contribution in [0.1, 0.15) is 34.1 Å². The van der Waals surface area contributed by atoms with Crippen LogP contribution >= 0.6 is 0 Å². The highest BCUT2D eigenvalue weighted by Crippen LogP contribution is 2.19. The minimum absolute atomic E-state index is 0.135. The first-order chi connectivity index (χ1) is 13.1. The van der Waals surface area contributed by atoms with Gasteiger partial charge in [-0.3, -0.25) is 4.79 Å². The van der Waals surface area contributed by atoms with Crippen LogP contribution in [0.5, 0.6) is 0 Å². The summed E-state index contributed by atoms with van der Waals surface area (Å²) in [7, 11) is 0. The monoisotopic (exact) mass is 360 g/mol. The molecule has 0 aliphatic heterocycles. The van der Waals surface area contributed by atoms with Gasteiger partial charge in [-0.05, 0) is 44.0 Å². The molecule has 0 saturated carbocycles. The number of anilines is 2. The number of aryl methyl sites for hydroxylation is 2. The van der Waals surface area contributed by atoms with E-state index in [1.54, 1.807) is 11.0 Å².